The second-order valence-electron chi connectivity index (χ2n) is 6.46. The number of allylic oxidation sites excluding steroid dienone is 4. The minimum absolute atomic E-state index is 0. The average molecular weight is 463 g/mol. The second-order valence-corrected chi connectivity index (χ2v) is 24.7. The van der Waals surface area contributed by atoms with E-state index in [4.69, 9.17) is 0 Å². The Labute approximate surface area is 167 Å². The fourth-order valence-corrected chi connectivity index (χ4v) is 18.7. The topological polar surface area (TPSA) is 29.1 Å². The van der Waals surface area contributed by atoms with Crippen molar-refractivity contribution in [3.8, 4) is 0 Å². The second kappa shape index (κ2) is 10.1. The van der Waals surface area contributed by atoms with Gasteiger partial charge in [0.15, 0.2) is 0 Å². The quantitative estimate of drug-likeness (QED) is 0.526. The fourth-order valence-electron chi connectivity index (χ4n) is 3.11. The van der Waals surface area contributed by atoms with Gasteiger partial charge >= 0.3 is 144 Å². The van der Waals surface area contributed by atoms with Crippen LogP contribution in [0, 0.1) is 5.92 Å². The van der Waals surface area contributed by atoms with Crippen LogP contribution >= 0.6 is 0 Å². The molecule has 6 heteroatoms. The summed E-state index contributed by atoms with van der Waals surface area (Å²) >= 11 is -2.08. The molecule has 0 aliphatic heterocycles. The first kappa shape index (κ1) is 23.9. The minimum atomic E-state index is -2.08. The summed E-state index contributed by atoms with van der Waals surface area (Å²) in [5.41, 5.74) is 5.20. The van der Waals surface area contributed by atoms with Gasteiger partial charge in [0, 0.05) is 0 Å². The Kier molecular flexibility index (Phi) is 10.0. The van der Waals surface area contributed by atoms with E-state index in [2.05, 4.69) is 44.0 Å². The SMILES string of the molecule is CC1=C(C)C(C)[C]([Zr+2]([NH]C(=O)c2ccccc2)[SiH](C)C)=C1C.[Cl-].[Cl-]. The Bertz CT molecular complexity index is 644. The first-order valence-corrected chi connectivity index (χ1v) is 17.6. The predicted octanol–water partition coefficient (Wildman–Crippen LogP) is -1.80. The van der Waals surface area contributed by atoms with Crippen LogP contribution in [0.15, 0.2) is 50.3 Å². The number of amides is 1. The number of nitrogens with one attached hydrogen (secondary N) is 1. The zero-order valence-corrected chi connectivity index (χ0v) is 20.3. The number of rotatable bonds is 4. The monoisotopic (exact) mass is 460 g/mol. The molecule has 131 valence electrons. The van der Waals surface area contributed by atoms with Crippen molar-refractivity contribution in [3.63, 3.8) is 0 Å². The van der Waals surface area contributed by atoms with Crippen LogP contribution in [-0.2, 0) is 21.2 Å². The maximum absolute atomic E-state index is 12.6. The van der Waals surface area contributed by atoms with Gasteiger partial charge in [-0.1, -0.05) is 0 Å². The van der Waals surface area contributed by atoms with Crippen molar-refractivity contribution >= 4 is 11.8 Å². The maximum atomic E-state index is 12.6. The van der Waals surface area contributed by atoms with E-state index in [0.29, 0.717) is 5.92 Å². The molecule has 0 radical (unpaired) electrons. The van der Waals surface area contributed by atoms with E-state index in [1.165, 1.54) is 16.7 Å². The Morgan fingerprint density at radius 1 is 1.04 bits per heavy atom. The van der Waals surface area contributed by atoms with Crippen molar-refractivity contribution in [2.24, 2.45) is 5.92 Å². The molecule has 0 spiro atoms. The molecule has 0 heterocycles. The standard InChI is InChI=1S/C9H13.C7H7NO.C2H7Si.2ClH.Zr/c1-6-5-7(2)9(4)8(6)3;8-7(9)6-4-2-1-3-5-6;1-3-2;;;/h6H,1-4H3;1-5H,(H2,8,9);3H,1-2H3;2*1H;/q;;;;;+3/p-3. The van der Waals surface area contributed by atoms with Crippen LogP contribution in [-0.4, -0.2) is 11.8 Å². The van der Waals surface area contributed by atoms with Crippen LogP contribution in [0.5, 0.6) is 0 Å². The van der Waals surface area contributed by atoms with Gasteiger partial charge in [0.1, 0.15) is 0 Å². The summed E-state index contributed by atoms with van der Waals surface area (Å²) in [5, 5.41) is 0. The van der Waals surface area contributed by atoms with E-state index in [9.17, 15) is 4.79 Å². The summed E-state index contributed by atoms with van der Waals surface area (Å²) in [6, 6.07) is 9.64. The summed E-state index contributed by atoms with van der Waals surface area (Å²) in [6.07, 6.45) is 0. The summed E-state index contributed by atoms with van der Waals surface area (Å²) < 4.78 is 5.14. The summed E-state index contributed by atoms with van der Waals surface area (Å²) in [7, 11) is 0. The summed E-state index contributed by atoms with van der Waals surface area (Å²) in [4.78, 5) is 12.6. The molecular formula is C18H26Cl2NOSiZr. The molecule has 1 aromatic carbocycles. The van der Waals surface area contributed by atoms with Gasteiger partial charge in [-0.05, 0) is 0 Å². The fraction of sp³-hybridized carbons (Fsp3) is 0.389. The normalized spacial score (nSPS) is 16.7. The van der Waals surface area contributed by atoms with Crippen LogP contribution in [0.25, 0.3) is 0 Å². The Balaban J connectivity index is 0.00000264. The van der Waals surface area contributed by atoms with E-state index in [1.807, 2.05) is 30.3 Å². The van der Waals surface area contributed by atoms with Gasteiger partial charge in [0.25, 0.3) is 0 Å². The molecule has 0 saturated carbocycles. The van der Waals surface area contributed by atoms with Crippen molar-refractivity contribution in [1.82, 2.24) is 3.26 Å². The molecule has 0 bridgehead atoms. The predicted molar refractivity (Wildman–Crippen MR) is 93.0 cm³/mol. The van der Waals surface area contributed by atoms with Gasteiger partial charge in [0.05, 0.1) is 0 Å². The number of carbonyl (C=O) groups is 1. The molecular weight excluding hydrogens is 436 g/mol. The third kappa shape index (κ3) is 4.94. The van der Waals surface area contributed by atoms with Gasteiger partial charge in [-0.15, -0.1) is 0 Å². The Morgan fingerprint density at radius 3 is 2.00 bits per heavy atom. The van der Waals surface area contributed by atoms with Gasteiger partial charge < -0.3 is 24.8 Å². The number of hydrogen-bond donors (Lipinski definition) is 1. The molecule has 0 fully saturated rings. The largest absolute Gasteiger partial charge is 1.00 e. The van der Waals surface area contributed by atoms with Crippen LogP contribution in [0.2, 0.25) is 13.1 Å². The Hall–Kier alpha value is -0.150. The van der Waals surface area contributed by atoms with Crippen LogP contribution < -0.4 is 28.1 Å². The molecule has 24 heavy (non-hydrogen) atoms. The molecule has 1 aliphatic carbocycles. The third-order valence-electron chi connectivity index (χ3n) is 4.79. The van der Waals surface area contributed by atoms with E-state index >= 15 is 0 Å². The zero-order chi connectivity index (χ0) is 16.4. The summed E-state index contributed by atoms with van der Waals surface area (Å²) in [5.74, 6) is -0.211. The molecule has 1 atom stereocenters. The molecule has 2 nitrogen and oxygen atoms in total. The van der Waals surface area contributed by atoms with E-state index in [1.54, 1.807) is 3.28 Å². The van der Waals surface area contributed by atoms with Crippen LogP contribution in [0.3, 0.4) is 0 Å². The first-order valence-electron chi connectivity index (χ1n) is 7.96. The maximum Gasteiger partial charge on any atom is -1.00 e. The molecule has 1 N–H and O–H groups in total. The van der Waals surface area contributed by atoms with Gasteiger partial charge in [-0.3, -0.25) is 0 Å². The molecule has 1 aromatic rings. The van der Waals surface area contributed by atoms with Crippen molar-refractivity contribution < 1.29 is 50.8 Å². The molecule has 0 saturated heterocycles. The minimum Gasteiger partial charge on any atom is -1.00 e. The Morgan fingerprint density at radius 2 is 1.58 bits per heavy atom. The number of benzene rings is 1. The zero-order valence-electron chi connectivity index (χ0n) is 15.2. The summed E-state index contributed by atoms with van der Waals surface area (Å²) in [6.45, 7) is 13.8. The smallest absolute Gasteiger partial charge is 1.00 e. The van der Waals surface area contributed by atoms with Gasteiger partial charge in [-0.25, -0.2) is 0 Å². The molecule has 1 amide bonds. The number of carbonyl (C=O) groups excluding carboxylic acids is 1. The van der Waals surface area contributed by atoms with Gasteiger partial charge in [-0.2, -0.15) is 0 Å². The van der Waals surface area contributed by atoms with E-state index in [0.717, 1.165) is 5.56 Å². The molecule has 2 rings (SSSR count). The van der Waals surface area contributed by atoms with Crippen LogP contribution in [0.4, 0.5) is 0 Å². The van der Waals surface area contributed by atoms with Gasteiger partial charge in [0.2, 0.25) is 0 Å². The molecule has 1 aliphatic rings. The van der Waals surface area contributed by atoms with Crippen molar-refractivity contribution in [3.05, 3.63) is 55.9 Å². The van der Waals surface area contributed by atoms with E-state index < -0.39 is 27.1 Å². The third-order valence-corrected chi connectivity index (χ3v) is 21.8. The average Bonchev–Trinajstić information content (AvgIpc) is 2.69. The van der Waals surface area contributed by atoms with Crippen molar-refractivity contribution in [2.45, 2.75) is 40.8 Å². The first-order chi connectivity index (χ1) is 10.3. The molecule has 1 unspecified atom stereocenters. The van der Waals surface area contributed by atoms with Crippen LogP contribution in [0.1, 0.15) is 38.1 Å². The van der Waals surface area contributed by atoms with E-state index in [-0.39, 0.29) is 30.7 Å². The number of hydrogen-bond acceptors (Lipinski definition) is 1. The van der Waals surface area contributed by atoms with Crippen molar-refractivity contribution in [1.29, 1.82) is 0 Å². The van der Waals surface area contributed by atoms with Crippen molar-refractivity contribution in [2.75, 3.05) is 0 Å². The number of halogens is 2. The molecule has 0 aromatic heterocycles.